The Labute approximate surface area is 111 Å². The SMILES string of the molecule is N=C(NO)c1ccnnc1Sc1ccc(F)cc1F. The number of nitrogens with zero attached hydrogens (tertiary/aromatic N) is 2. The van der Waals surface area contributed by atoms with Crippen molar-refractivity contribution in [2.45, 2.75) is 9.92 Å². The maximum atomic E-state index is 13.5. The van der Waals surface area contributed by atoms with Crippen LogP contribution in [0.2, 0.25) is 0 Å². The molecule has 1 aromatic heterocycles. The van der Waals surface area contributed by atoms with Crippen molar-refractivity contribution in [3.8, 4) is 0 Å². The summed E-state index contributed by atoms with van der Waals surface area (Å²) in [7, 11) is 0. The zero-order valence-electron chi connectivity index (χ0n) is 9.39. The van der Waals surface area contributed by atoms with E-state index in [2.05, 4.69) is 10.2 Å². The quantitative estimate of drug-likeness (QED) is 0.457. The van der Waals surface area contributed by atoms with E-state index in [0.717, 1.165) is 23.9 Å². The molecule has 0 fully saturated rings. The fraction of sp³-hybridized carbons (Fsp3) is 0. The van der Waals surface area contributed by atoms with Gasteiger partial charge in [-0.25, -0.2) is 8.78 Å². The van der Waals surface area contributed by atoms with E-state index in [-0.39, 0.29) is 21.3 Å². The molecule has 0 bridgehead atoms. The summed E-state index contributed by atoms with van der Waals surface area (Å²) in [6, 6.07) is 4.59. The van der Waals surface area contributed by atoms with Crippen LogP contribution in [-0.4, -0.2) is 21.2 Å². The lowest BCUT2D eigenvalue weighted by molar-refractivity contribution is 0.234. The van der Waals surface area contributed by atoms with Crippen LogP contribution in [0.5, 0.6) is 0 Å². The molecule has 0 atom stereocenters. The van der Waals surface area contributed by atoms with Crippen LogP contribution in [0, 0.1) is 17.0 Å². The summed E-state index contributed by atoms with van der Waals surface area (Å²) >= 11 is 0.886. The Morgan fingerprint density at radius 3 is 2.79 bits per heavy atom. The van der Waals surface area contributed by atoms with Gasteiger partial charge in [0.05, 0.1) is 11.8 Å². The van der Waals surface area contributed by atoms with Gasteiger partial charge in [0, 0.05) is 11.0 Å². The van der Waals surface area contributed by atoms with E-state index in [0.29, 0.717) is 0 Å². The lowest BCUT2D eigenvalue weighted by Crippen LogP contribution is -2.20. The largest absolute Gasteiger partial charge is 0.290 e. The topological polar surface area (TPSA) is 81.9 Å². The summed E-state index contributed by atoms with van der Waals surface area (Å²) in [6.07, 6.45) is 1.34. The number of aromatic nitrogens is 2. The van der Waals surface area contributed by atoms with E-state index in [1.807, 2.05) is 0 Å². The van der Waals surface area contributed by atoms with E-state index in [9.17, 15) is 8.78 Å². The standard InChI is InChI=1S/C11H8F2N4OS/c12-6-1-2-9(8(13)5-6)19-11-7(10(14)17-18)3-4-15-16-11/h1-5,18H,(H2,14,17). The molecule has 0 radical (unpaired) electrons. The minimum atomic E-state index is -0.731. The molecule has 0 aliphatic rings. The molecule has 8 heteroatoms. The predicted octanol–water partition coefficient (Wildman–Crippen LogP) is 2.21. The zero-order chi connectivity index (χ0) is 13.8. The van der Waals surface area contributed by atoms with Crippen molar-refractivity contribution < 1.29 is 14.0 Å². The Bertz CT molecular complexity index is 623. The molecule has 2 aromatic rings. The van der Waals surface area contributed by atoms with Crippen LogP contribution in [0.3, 0.4) is 0 Å². The van der Waals surface area contributed by atoms with Crippen LogP contribution in [-0.2, 0) is 0 Å². The molecular weight excluding hydrogens is 274 g/mol. The van der Waals surface area contributed by atoms with Crippen molar-refractivity contribution in [3.63, 3.8) is 0 Å². The van der Waals surface area contributed by atoms with Gasteiger partial charge in [0.2, 0.25) is 0 Å². The molecule has 0 aliphatic carbocycles. The Morgan fingerprint density at radius 1 is 1.32 bits per heavy atom. The summed E-state index contributed by atoms with van der Waals surface area (Å²) in [5, 5.41) is 23.8. The Balaban J connectivity index is 2.35. The van der Waals surface area contributed by atoms with E-state index in [1.54, 1.807) is 5.48 Å². The van der Waals surface area contributed by atoms with Crippen LogP contribution in [0.25, 0.3) is 0 Å². The first-order valence-corrected chi connectivity index (χ1v) is 5.87. The number of nitrogens with one attached hydrogen (secondary N) is 2. The lowest BCUT2D eigenvalue weighted by atomic mass is 10.3. The number of benzene rings is 1. The monoisotopic (exact) mass is 282 g/mol. The van der Waals surface area contributed by atoms with Crippen LogP contribution in [0.15, 0.2) is 40.4 Å². The second-order valence-electron chi connectivity index (χ2n) is 3.41. The maximum absolute atomic E-state index is 13.5. The minimum absolute atomic E-state index is 0.147. The zero-order valence-corrected chi connectivity index (χ0v) is 10.2. The summed E-state index contributed by atoms with van der Waals surface area (Å²) in [6.45, 7) is 0. The molecule has 0 saturated heterocycles. The fourth-order valence-corrected chi connectivity index (χ4v) is 2.18. The van der Waals surface area contributed by atoms with E-state index >= 15 is 0 Å². The van der Waals surface area contributed by atoms with Gasteiger partial charge >= 0.3 is 0 Å². The molecule has 0 spiro atoms. The van der Waals surface area contributed by atoms with Crippen molar-refractivity contribution in [2.24, 2.45) is 0 Å². The molecule has 0 saturated carbocycles. The minimum Gasteiger partial charge on any atom is -0.290 e. The third-order valence-electron chi connectivity index (χ3n) is 2.17. The Morgan fingerprint density at radius 2 is 2.11 bits per heavy atom. The Kier molecular flexibility index (Phi) is 4.03. The maximum Gasteiger partial charge on any atom is 0.152 e. The van der Waals surface area contributed by atoms with E-state index in [4.69, 9.17) is 10.6 Å². The average Bonchev–Trinajstić information content (AvgIpc) is 2.41. The van der Waals surface area contributed by atoms with E-state index in [1.165, 1.54) is 18.3 Å². The lowest BCUT2D eigenvalue weighted by Gasteiger charge is -2.07. The van der Waals surface area contributed by atoms with Gasteiger partial charge in [0.1, 0.15) is 16.7 Å². The normalized spacial score (nSPS) is 10.3. The van der Waals surface area contributed by atoms with Gasteiger partial charge in [-0.15, -0.1) is 5.10 Å². The van der Waals surface area contributed by atoms with Gasteiger partial charge in [-0.2, -0.15) is 5.10 Å². The van der Waals surface area contributed by atoms with Crippen molar-refractivity contribution in [1.82, 2.24) is 15.7 Å². The molecule has 19 heavy (non-hydrogen) atoms. The molecular formula is C11H8F2N4OS. The number of hydrogen-bond acceptors (Lipinski definition) is 5. The summed E-state index contributed by atoms with van der Waals surface area (Å²) in [5.41, 5.74) is 1.94. The summed E-state index contributed by atoms with van der Waals surface area (Å²) in [4.78, 5) is 0.147. The molecule has 2 rings (SSSR count). The smallest absolute Gasteiger partial charge is 0.152 e. The Hall–Kier alpha value is -2.06. The van der Waals surface area contributed by atoms with Crippen LogP contribution >= 0.6 is 11.8 Å². The third-order valence-corrected chi connectivity index (χ3v) is 3.21. The summed E-state index contributed by atoms with van der Waals surface area (Å²) in [5.74, 6) is -1.70. The highest BCUT2D eigenvalue weighted by molar-refractivity contribution is 7.99. The first-order valence-electron chi connectivity index (χ1n) is 5.05. The fourth-order valence-electron chi connectivity index (χ4n) is 1.31. The summed E-state index contributed by atoms with van der Waals surface area (Å²) < 4.78 is 26.3. The molecule has 5 nitrogen and oxygen atoms in total. The van der Waals surface area contributed by atoms with Gasteiger partial charge in [-0.1, -0.05) is 11.8 Å². The molecule has 98 valence electrons. The number of halogens is 2. The van der Waals surface area contributed by atoms with Crippen molar-refractivity contribution in [2.75, 3.05) is 0 Å². The molecule has 0 amide bonds. The molecule has 0 aliphatic heterocycles. The molecule has 1 heterocycles. The van der Waals surface area contributed by atoms with Crippen LogP contribution in [0.4, 0.5) is 8.78 Å². The molecule has 1 aromatic carbocycles. The number of rotatable bonds is 3. The molecule has 3 N–H and O–H groups in total. The number of amidine groups is 1. The van der Waals surface area contributed by atoms with Gasteiger partial charge in [0.25, 0.3) is 0 Å². The second kappa shape index (κ2) is 5.72. The first-order chi connectivity index (χ1) is 9.11. The highest BCUT2D eigenvalue weighted by atomic mass is 32.2. The van der Waals surface area contributed by atoms with Gasteiger partial charge < -0.3 is 0 Å². The van der Waals surface area contributed by atoms with Gasteiger partial charge in [-0.05, 0) is 18.2 Å². The third kappa shape index (κ3) is 3.04. The number of hydrogen-bond donors (Lipinski definition) is 3. The van der Waals surface area contributed by atoms with Crippen LogP contribution in [0.1, 0.15) is 5.56 Å². The predicted molar refractivity (Wildman–Crippen MR) is 64.3 cm³/mol. The van der Waals surface area contributed by atoms with Crippen molar-refractivity contribution in [3.05, 3.63) is 47.7 Å². The van der Waals surface area contributed by atoms with Gasteiger partial charge in [-0.3, -0.25) is 16.1 Å². The van der Waals surface area contributed by atoms with Crippen molar-refractivity contribution >= 4 is 17.6 Å². The van der Waals surface area contributed by atoms with E-state index < -0.39 is 11.6 Å². The first kappa shape index (κ1) is 13.4. The highest BCUT2D eigenvalue weighted by Gasteiger charge is 2.13. The molecule has 0 unspecified atom stereocenters. The number of hydroxylamine groups is 1. The highest BCUT2D eigenvalue weighted by Crippen LogP contribution is 2.30. The van der Waals surface area contributed by atoms with Crippen LogP contribution < -0.4 is 5.48 Å². The second-order valence-corrected chi connectivity index (χ2v) is 4.44. The van der Waals surface area contributed by atoms with Gasteiger partial charge in [0.15, 0.2) is 5.84 Å². The van der Waals surface area contributed by atoms with Crippen molar-refractivity contribution in [1.29, 1.82) is 5.41 Å². The average molecular weight is 282 g/mol.